The third-order valence-corrected chi connectivity index (χ3v) is 6.32. The highest BCUT2D eigenvalue weighted by atomic mass is 32.2. The average Bonchev–Trinajstić information content (AvgIpc) is 3.04. The number of hydrogen-bond acceptors (Lipinski definition) is 5. The predicted molar refractivity (Wildman–Crippen MR) is 91.8 cm³/mol. The minimum absolute atomic E-state index is 0.118. The topological polar surface area (TPSA) is 96.5 Å². The van der Waals surface area contributed by atoms with Gasteiger partial charge in [0.1, 0.15) is 0 Å². The second-order valence-electron chi connectivity index (χ2n) is 6.02. The number of nitrogens with one attached hydrogen (secondary N) is 1. The Morgan fingerprint density at radius 3 is 2.96 bits per heavy atom. The second-order valence-corrected chi connectivity index (χ2v) is 7.96. The van der Waals surface area contributed by atoms with Gasteiger partial charge in [-0.2, -0.15) is 4.31 Å². The highest BCUT2D eigenvalue weighted by molar-refractivity contribution is 7.89. The lowest BCUT2D eigenvalue weighted by atomic mass is 10.0. The molecule has 1 N–H and O–H groups in total. The second kappa shape index (κ2) is 6.97. The summed E-state index contributed by atoms with van der Waals surface area (Å²) in [5, 5.41) is 0.565. The number of piperidine rings is 1. The summed E-state index contributed by atoms with van der Waals surface area (Å²) in [4.78, 5) is 26.1. The van der Waals surface area contributed by atoms with Crippen LogP contribution in [0.15, 0.2) is 29.3 Å². The molecule has 1 unspecified atom stereocenters. The van der Waals surface area contributed by atoms with Crippen molar-refractivity contribution in [3.8, 4) is 0 Å². The van der Waals surface area contributed by atoms with E-state index in [0.717, 1.165) is 0 Å². The molecule has 134 valence electrons. The minimum atomic E-state index is -3.74. The van der Waals surface area contributed by atoms with Gasteiger partial charge in [-0.3, -0.25) is 9.59 Å². The van der Waals surface area contributed by atoms with Crippen LogP contribution in [0, 0.1) is 5.92 Å². The van der Waals surface area contributed by atoms with Crippen LogP contribution in [0.25, 0.3) is 10.9 Å². The summed E-state index contributed by atoms with van der Waals surface area (Å²) < 4.78 is 32.3. The fraction of sp³-hybridized carbons (Fsp3) is 0.412. The minimum Gasteiger partial charge on any atom is -0.466 e. The molecule has 7 nitrogen and oxygen atoms in total. The van der Waals surface area contributed by atoms with E-state index in [1.165, 1.54) is 16.4 Å². The number of esters is 1. The summed E-state index contributed by atoms with van der Waals surface area (Å²) in [7, 11) is -3.74. The van der Waals surface area contributed by atoms with Gasteiger partial charge >= 0.3 is 5.97 Å². The zero-order valence-corrected chi connectivity index (χ0v) is 14.7. The van der Waals surface area contributed by atoms with E-state index in [2.05, 4.69) is 4.98 Å². The van der Waals surface area contributed by atoms with Crippen LogP contribution < -0.4 is 0 Å². The van der Waals surface area contributed by atoms with Crippen LogP contribution in [0.5, 0.6) is 0 Å². The largest absolute Gasteiger partial charge is 0.466 e. The summed E-state index contributed by atoms with van der Waals surface area (Å²) in [5.41, 5.74) is 1.11. The molecule has 1 saturated heterocycles. The van der Waals surface area contributed by atoms with Gasteiger partial charge in [-0.15, -0.1) is 0 Å². The highest BCUT2D eigenvalue weighted by Crippen LogP contribution is 2.27. The molecule has 1 aliphatic rings. The lowest BCUT2D eigenvalue weighted by molar-refractivity contribution is -0.149. The molecule has 8 heteroatoms. The number of aromatic amines is 1. The maximum Gasteiger partial charge on any atom is 0.310 e. The lowest BCUT2D eigenvalue weighted by Crippen LogP contribution is -2.42. The quantitative estimate of drug-likeness (QED) is 0.646. The van der Waals surface area contributed by atoms with Gasteiger partial charge in [-0.05, 0) is 38.0 Å². The maximum absolute atomic E-state index is 13.0. The van der Waals surface area contributed by atoms with Crippen molar-refractivity contribution in [2.75, 3.05) is 19.7 Å². The van der Waals surface area contributed by atoms with Crippen molar-refractivity contribution in [1.82, 2.24) is 9.29 Å². The van der Waals surface area contributed by atoms with E-state index in [1.54, 1.807) is 19.2 Å². The Kier molecular flexibility index (Phi) is 4.91. The number of carbonyl (C=O) groups is 2. The number of aldehydes is 1. The van der Waals surface area contributed by atoms with Crippen LogP contribution >= 0.6 is 0 Å². The van der Waals surface area contributed by atoms with Gasteiger partial charge in [0.05, 0.1) is 17.4 Å². The van der Waals surface area contributed by atoms with Crippen LogP contribution in [0.2, 0.25) is 0 Å². The number of ether oxygens (including phenoxy) is 1. The third-order valence-electron chi connectivity index (χ3n) is 4.45. The summed E-state index contributed by atoms with van der Waals surface area (Å²) in [5.74, 6) is -0.795. The van der Waals surface area contributed by atoms with Crippen LogP contribution in [-0.2, 0) is 19.6 Å². The van der Waals surface area contributed by atoms with Crippen LogP contribution in [0.3, 0.4) is 0 Å². The molecule has 1 aromatic carbocycles. The first-order valence-corrected chi connectivity index (χ1v) is 9.64. The monoisotopic (exact) mass is 364 g/mol. The van der Waals surface area contributed by atoms with Crippen molar-refractivity contribution in [2.24, 2.45) is 5.92 Å². The SMILES string of the molecule is CCOC(=O)C1CCCN(S(=O)(=O)c2ccc3[nH]cc(C=O)c3c2)C1. The molecule has 0 aliphatic carbocycles. The van der Waals surface area contributed by atoms with E-state index < -0.39 is 15.9 Å². The first-order valence-electron chi connectivity index (χ1n) is 8.20. The third kappa shape index (κ3) is 3.32. The van der Waals surface area contributed by atoms with E-state index in [-0.39, 0.29) is 24.0 Å². The summed E-state index contributed by atoms with van der Waals surface area (Å²) in [6.07, 6.45) is 3.46. The lowest BCUT2D eigenvalue weighted by Gasteiger charge is -2.30. The van der Waals surface area contributed by atoms with Crippen molar-refractivity contribution in [3.05, 3.63) is 30.0 Å². The van der Waals surface area contributed by atoms with E-state index in [4.69, 9.17) is 4.74 Å². The molecule has 0 amide bonds. The molecule has 0 saturated carbocycles. The first-order chi connectivity index (χ1) is 12.0. The van der Waals surface area contributed by atoms with Crippen molar-refractivity contribution < 1.29 is 22.7 Å². The van der Waals surface area contributed by atoms with Gasteiger partial charge < -0.3 is 9.72 Å². The average molecular weight is 364 g/mol. The number of nitrogens with zero attached hydrogens (tertiary/aromatic N) is 1. The van der Waals surface area contributed by atoms with Crippen molar-refractivity contribution in [3.63, 3.8) is 0 Å². The number of carbonyl (C=O) groups excluding carboxylic acids is 2. The number of sulfonamides is 1. The Balaban J connectivity index is 1.90. The molecule has 2 heterocycles. The smallest absolute Gasteiger partial charge is 0.310 e. The number of H-pyrrole nitrogens is 1. The molecule has 3 rings (SSSR count). The fourth-order valence-corrected chi connectivity index (χ4v) is 4.69. The van der Waals surface area contributed by atoms with Gasteiger partial charge in [0, 0.05) is 35.8 Å². The summed E-state index contributed by atoms with van der Waals surface area (Å²) >= 11 is 0. The number of rotatable bonds is 5. The Morgan fingerprint density at radius 1 is 1.44 bits per heavy atom. The van der Waals surface area contributed by atoms with Gasteiger partial charge in [0.2, 0.25) is 10.0 Å². The summed E-state index contributed by atoms with van der Waals surface area (Å²) in [6, 6.07) is 4.65. The van der Waals surface area contributed by atoms with E-state index >= 15 is 0 Å². The normalized spacial score (nSPS) is 19.0. The fourth-order valence-electron chi connectivity index (χ4n) is 3.14. The molecule has 1 fully saturated rings. The molecular formula is C17H20N2O5S. The van der Waals surface area contributed by atoms with Crippen molar-refractivity contribution in [2.45, 2.75) is 24.7 Å². The number of benzene rings is 1. The Morgan fingerprint density at radius 2 is 2.24 bits per heavy atom. The van der Waals surface area contributed by atoms with Crippen LogP contribution in [0.4, 0.5) is 0 Å². The molecule has 1 aromatic heterocycles. The van der Waals surface area contributed by atoms with Crippen LogP contribution in [-0.4, -0.2) is 49.7 Å². The molecule has 1 aliphatic heterocycles. The molecule has 0 radical (unpaired) electrons. The molecular weight excluding hydrogens is 344 g/mol. The Labute approximate surface area is 146 Å². The van der Waals surface area contributed by atoms with Gasteiger partial charge in [-0.25, -0.2) is 8.42 Å². The van der Waals surface area contributed by atoms with Crippen molar-refractivity contribution >= 4 is 33.2 Å². The number of aromatic nitrogens is 1. The van der Waals surface area contributed by atoms with Gasteiger partial charge in [0.25, 0.3) is 0 Å². The van der Waals surface area contributed by atoms with Gasteiger partial charge in [0.15, 0.2) is 6.29 Å². The number of hydrogen-bond donors (Lipinski definition) is 1. The predicted octanol–water partition coefficient (Wildman–Crippen LogP) is 1.94. The van der Waals surface area contributed by atoms with Gasteiger partial charge in [-0.1, -0.05) is 0 Å². The Bertz CT molecular complexity index is 903. The standard InChI is InChI=1S/C17H20N2O5S/c1-2-24-17(21)12-4-3-7-19(10-12)25(22,23)14-5-6-16-15(8-14)13(11-20)9-18-16/h5-6,8-9,11-12,18H,2-4,7,10H2,1H3. The van der Waals surface area contributed by atoms with E-state index in [9.17, 15) is 18.0 Å². The zero-order chi connectivity index (χ0) is 18.0. The molecule has 25 heavy (non-hydrogen) atoms. The first kappa shape index (κ1) is 17.6. The maximum atomic E-state index is 13.0. The Hall–Kier alpha value is -2.19. The summed E-state index contributed by atoms with van der Waals surface area (Å²) in [6.45, 7) is 2.49. The zero-order valence-electron chi connectivity index (χ0n) is 13.9. The molecule has 1 atom stereocenters. The molecule has 2 aromatic rings. The van der Waals surface area contributed by atoms with E-state index in [1.807, 2.05) is 0 Å². The highest BCUT2D eigenvalue weighted by Gasteiger charge is 2.34. The van der Waals surface area contributed by atoms with E-state index in [0.29, 0.717) is 42.1 Å². The molecule has 0 spiro atoms. The van der Waals surface area contributed by atoms with Crippen molar-refractivity contribution in [1.29, 1.82) is 0 Å². The van der Waals surface area contributed by atoms with Crippen LogP contribution in [0.1, 0.15) is 30.1 Å². The molecule has 0 bridgehead atoms. The number of fused-ring (bicyclic) bond motifs is 1.